The van der Waals surface area contributed by atoms with Crippen molar-refractivity contribution in [3.63, 3.8) is 0 Å². The first-order valence-electron chi connectivity index (χ1n) is 7.42. The molecular weight excluding hydrogens is 318 g/mol. The standard InChI is InChI=1S/C16H22BrNO2/c17-14-7-9-15(10-8-14)20-13-5-6-16(19)18-11-3-1-2-4-12-18/h7-10H,1-6,11-13H2. The molecule has 20 heavy (non-hydrogen) atoms. The number of carbonyl (C=O) groups is 1. The van der Waals surface area contributed by atoms with Crippen molar-refractivity contribution < 1.29 is 9.53 Å². The van der Waals surface area contributed by atoms with E-state index in [4.69, 9.17) is 4.74 Å². The number of nitrogens with zero attached hydrogens (tertiary/aromatic N) is 1. The molecule has 0 aliphatic carbocycles. The molecule has 1 aromatic carbocycles. The lowest BCUT2D eigenvalue weighted by Gasteiger charge is -2.20. The molecule has 0 radical (unpaired) electrons. The number of amides is 1. The molecule has 4 heteroatoms. The minimum absolute atomic E-state index is 0.284. The molecule has 3 nitrogen and oxygen atoms in total. The van der Waals surface area contributed by atoms with Crippen LogP contribution >= 0.6 is 15.9 Å². The molecule has 1 amide bonds. The Morgan fingerprint density at radius 2 is 1.75 bits per heavy atom. The summed E-state index contributed by atoms with van der Waals surface area (Å²) in [7, 11) is 0. The molecule has 1 fully saturated rings. The maximum Gasteiger partial charge on any atom is 0.222 e. The molecule has 0 aromatic heterocycles. The maximum atomic E-state index is 12.1. The molecule has 1 aromatic rings. The van der Waals surface area contributed by atoms with Gasteiger partial charge in [0.2, 0.25) is 5.91 Å². The molecule has 2 rings (SSSR count). The van der Waals surface area contributed by atoms with Crippen molar-refractivity contribution in [2.24, 2.45) is 0 Å². The Hall–Kier alpha value is -1.03. The van der Waals surface area contributed by atoms with E-state index in [1.807, 2.05) is 29.2 Å². The van der Waals surface area contributed by atoms with E-state index in [1.165, 1.54) is 12.8 Å². The summed E-state index contributed by atoms with van der Waals surface area (Å²) < 4.78 is 6.67. The van der Waals surface area contributed by atoms with Crippen molar-refractivity contribution in [1.29, 1.82) is 0 Å². The van der Waals surface area contributed by atoms with Crippen molar-refractivity contribution in [3.8, 4) is 5.75 Å². The minimum atomic E-state index is 0.284. The Kier molecular flexibility index (Phi) is 6.37. The van der Waals surface area contributed by atoms with Crippen LogP contribution in [0.4, 0.5) is 0 Å². The number of hydrogen-bond donors (Lipinski definition) is 0. The van der Waals surface area contributed by atoms with Crippen LogP contribution in [0.1, 0.15) is 38.5 Å². The van der Waals surface area contributed by atoms with Gasteiger partial charge in [-0.3, -0.25) is 4.79 Å². The van der Waals surface area contributed by atoms with E-state index in [2.05, 4.69) is 15.9 Å². The number of hydrogen-bond acceptors (Lipinski definition) is 2. The van der Waals surface area contributed by atoms with E-state index in [0.29, 0.717) is 13.0 Å². The van der Waals surface area contributed by atoms with Crippen molar-refractivity contribution in [3.05, 3.63) is 28.7 Å². The fourth-order valence-corrected chi connectivity index (χ4v) is 2.69. The molecule has 1 aliphatic rings. The van der Waals surface area contributed by atoms with Crippen LogP contribution in [0.2, 0.25) is 0 Å². The summed E-state index contributed by atoms with van der Waals surface area (Å²) in [4.78, 5) is 14.1. The smallest absolute Gasteiger partial charge is 0.222 e. The predicted molar refractivity (Wildman–Crippen MR) is 83.9 cm³/mol. The van der Waals surface area contributed by atoms with Crippen molar-refractivity contribution in [2.75, 3.05) is 19.7 Å². The molecule has 0 bridgehead atoms. The van der Waals surface area contributed by atoms with Crippen LogP contribution in [0.25, 0.3) is 0 Å². The lowest BCUT2D eigenvalue weighted by molar-refractivity contribution is -0.131. The van der Waals surface area contributed by atoms with Crippen LogP contribution in [0.5, 0.6) is 5.75 Å². The van der Waals surface area contributed by atoms with Gasteiger partial charge in [-0.2, -0.15) is 0 Å². The summed E-state index contributed by atoms with van der Waals surface area (Å²) in [6.45, 7) is 2.47. The lowest BCUT2D eigenvalue weighted by Crippen LogP contribution is -2.31. The number of carbonyl (C=O) groups excluding carboxylic acids is 1. The van der Waals surface area contributed by atoms with Gasteiger partial charge < -0.3 is 9.64 Å². The molecule has 0 atom stereocenters. The summed E-state index contributed by atoms with van der Waals surface area (Å²) in [6, 6.07) is 7.77. The minimum Gasteiger partial charge on any atom is -0.494 e. The second-order valence-electron chi connectivity index (χ2n) is 5.20. The number of ether oxygens (including phenoxy) is 1. The summed E-state index contributed by atoms with van der Waals surface area (Å²) in [5.74, 6) is 1.14. The molecule has 1 aliphatic heterocycles. The van der Waals surface area contributed by atoms with Gasteiger partial charge in [-0.05, 0) is 43.5 Å². The molecule has 0 N–H and O–H groups in total. The zero-order valence-electron chi connectivity index (χ0n) is 11.8. The van der Waals surface area contributed by atoms with E-state index in [0.717, 1.165) is 42.6 Å². The van der Waals surface area contributed by atoms with Crippen LogP contribution < -0.4 is 4.74 Å². The first kappa shape index (κ1) is 15.4. The van der Waals surface area contributed by atoms with Gasteiger partial charge >= 0.3 is 0 Å². The average Bonchev–Trinajstić information content (AvgIpc) is 2.74. The normalized spacial score (nSPS) is 15.8. The zero-order valence-corrected chi connectivity index (χ0v) is 13.4. The van der Waals surface area contributed by atoms with Crippen LogP contribution in [0.15, 0.2) is 28.7 Å². The van der Waals surface area contributed by atoms with Crippen molar-refractivity contribution >= 4 is 21.8 Å². The average molecular weight is 340 g/mol. The molecule has 0 unspecified atom stereocenters. The Morgan fingerprint density at radius 1 is 1.10 bits per heavy atom. The van der Waals surface area contributed by atoms with Gasteiger partial charge in [-0.1, -0.05) is 28.8 Å². The number of rotatable bonds is 5. The summed E-state index contributed by atoms with van der Waals surface area (Å²) in [5, 5.41) is 0. The predicted octanol–water partition coefficient (Wildman–Crippen LogP) is 4.01. The summed E-state index contributed by atoms with van der Waals surface area (Å²) in [5.41, 5.74) is 0. The molecular formula is C16H22BrNO2. The van der Waals surface area contributed by atoms with Crippen LogP contribution in [0.3, 0.4) is 0 Å². The number of benzene rings is 1. The van der Waals surface area contributed by atoms with Crippen molar-refractivity contribution in [1.82, 2.24) is 4.90 Å². The highest BCUT2D eigenvalue weighted by Crippen LogP contribution is 2.16. The van der Waals surface area contributed by atoms with E-state index in [1.54, 1.807) is 0 Å². The molecule has 0 saturated carbocycles. The molecule has 1 saturated heterocycles. The van der Waals surface area contributed by atoms with E-state index >= 15 is 0 Å². The quantitative estimate of drug-likeness (QED) is 0.758. The second-order valence-corrected chi connectivity index (χ2v) is 6.12. The van der Waals surface area contributed by atoms with Gasteiger partial charge in [-0.25, -0.2) is 0 Å². The third-order valence-electron chi connectivity index (χ3n) is 3.58. The zero-order chi connectivity index (χ0) is 14.2. The van der Waals surface area contributed by atoms with Gasteiger partial charge in [0.25, 0.3) is 0 Å². The number of halogens is 1. The fourth-order valence-electron chi connectivity index (χ4n) is 2.42. The highest BCUT2D eigenvalue weighted by Gasteiger charge is 2.14. The van der Waals surface area contributed by atoms with Gasteiger partial charge in [0.1, 0.15) is 5.75 Å². The number of likely N-dealkylation sites (tertiary alicyclic amines) is 1. The third-order valence-corrected chi connectivity index (χ3v) is 4.10. The first-order valence-corrected chi connectivity index (χ1v) is 8.21. The Balaban J connectivity index is 1.64. The van der Waals surface area contributed by atoms with Gasteiger partial charge in [0.15, 0.2) is 0 Å². The topological polar surface area (TPSA) is 29.5 Å². The highest BCUT2D eigenvalue weighted by atomic mass is 79.9. The maximum absolute atomic E-state index is 12.1. The lowest BCUT2D eigenvalue weighted by atomic mass is 10.2. The first-order chi connectivity index (χ1) is 9.75. The Bertz CT molecular complexity index is 411. The molecule has 110 valence electrons. The van der Waals surface area contributed by atoms with E-state index in [9.17, 15) is 4.79 Å². The molecule has 1 heterocycles. The Morgan fingerprint density at radius 3 is 2.40 bits per heavy atom. The van der Waals surface area contributed by atoms with E-state index < -0.39 is 0 Å². The van der Waals surface area contributed by atoms with Crippen LogP contribution in [-0.2, 0) is 4.79 Å². The third kappa shape index (κ3) is 5.16. The van der Waals surface area contributed by atoms with Gasteiger partial charge in [-0.15, -0.1) is 0 Å². The second kappa shape index (κ2) is 8.30. The van der Waals surface area contributed by atoms with Crippen LogP contribution in [0, 0.1) is 0 Å². The fraction of sp³-hybridized carbons (Fsp3) is 0.562. The highest BCUT2D eigenvalue weighted by molar-refractivity contribution is 9.10. The largest absolute Gasteiger partial charge is 0.494 e. The van der Waals surface area contributed by atoms with Crippen LogP contribution in [-0.4, -0.2) is 30.5 Å². The SMILES string of the molecule is O=C(CCCOc1ccc(Br)cc1)N1CCCCCC1. The van der Waals surface area contributed by atoms with Gasteiger partial charge in [0.05, 0.1) is 6.61 Å². The monoisotopic (exact) mass is 339 g/mol. The summed E-state index contributed by atoms with van der Waals surface area (Å²) >= 11 is 3.39. The van der Waals surface area contributed by atoms with Crippen molar-refractivity contribution in [2.45, 2.75) is 38.5 Å². The Labute approximate surface area is 129 Å². The van der Waals surface area contributed by atoms with E-state index in [-0.39, 0.29) is 5.91 Å². The molecule has 0 spiro atoms. The summed E-state index contributed by atoms with van der Waals surface area (Å²) in [6.07, 6.45) is 6.21. The van der Waals surface area contributed by atoms with Gasteiger partial charge in [0, 0.05) is 24.0 Å².